The number of hydroxylamine groups is 1. The number of amides is 1. The van der Waals surface area contributed by atoms with Crippen LogP contribution in [0.2, 0.25) is 0 Å². The molecule has 0 atom stereocenters. The molecule has 0 heterocycles. The molecule has 8 heteroatoms. The van der Waals surface area contributed by atoms with Crippen LogP contribution in [0.5, 0.6) is 5.75 Å². The number of nitrogens with one attached hydrogen (secondary N) is 3. The molecule has 120 valence electrons. The summed E-state index contributed by atoms with van der Waals surface area (Å²) < 4.78 is 5.27. The number of carbonyl (C=O) groups is 1. The summed E-state index contributed by atoms with van der Waals surface area (Å²) in [5, 5.41) is 15.8. The van der Waals surface area contributed by atoms with Crippen molar-refractivity contribution < 1.29 is 14.7 Å². The Kier molecular flexibility index (Phi) is 7.87. The smallest absolute Gasteiger partial charge is 0.243 e. The minimum Gasteiger partial charge on any atom is -0.496 e. The lowest BCUT2D eigenvalue weighted by Gasteiger charge is -2.09. The van der Waals surface area contributed by atoms with Gasteiger partial charge in [0.25, 0.3) is 0 Å². The number of thiocarbonyl (C=S) groups is 1. The summed E-state index contributed by atoms with van der Waals surface area (Å²) in [6.45, 7) is 2.35. The van der Waals surface area contributed by atoms with E-state index in [0.29, 0.717) is 18.1 Å². The molecule has 22 heavy (non-hydrogen) atoms. The maximum Gasteiger partial charge on any atom is 0.243 e. The lowest BCUT2D eigenvalue weighted by Crippen LogP contribution is -2.33. The molecular formula is C14H20N4O3S. The monoisotopic (exact) mass is 324 g/mol. The van der Waals surface area contributed by atoms with Crippen LogP contribution in [0, 0.1) is 0 Å². The average molecular weight is 324 g/mol. The van der Waals surface area contributed by atoms with Crippen LogP contribution in [0.3, 0.4) is 0 Å². The Balaban J connectivity index is 2.43. The minimum atomic E-state index is -0.425. The zero-order valence-electron chi connectivity index (χ0n) is 12.5. The van der Waals surface area contributed by atoms with Crippen LogP contribution in [0.15, 0.2) is 29.4 Å². The number of hydrazone groups is 1. The number of hydrogen-bond acceptors (Lipinski definition) is 5. The van der Waals surface area contributed by atoms with Crippen LogP contribution in [0.25, 0.3) is 0 Å². The Morgan fingerprint density at radius 1 is 1.41 bits per heavy atom. The number of methoxy groups -OCH3 is 1. The Hall–Kier alpha value is -2.19. The summed E-state index contributed by atoms with van der Waals surface area (Å²) in [6, 6.07) is 7.55. The molecule has 0 aromatic heterocycles. The van der Waals surface area contributed by atoms with Crippen LogP contribution >= 0.6 is 12.2 Å². The molecular weight excluding hydrogens is 304 g/mol. The molecule has 0 saturated heterocycles. The maximum absolute atomic E-state index is 10.8. The molecule has 0 bridgehead atoms. The highest BCUT2D eigenvalue weighted by Gasteiger charge is 2.05. The molecule has 1 amide bonds. The first-order valence-corrected chi connectivity index (χ1v) is 7.13. The first-order valence-electron chi connectivity index (χ1n) is 6.73. The summed E-state index contributed by atoms with van der Waals surface area (Å²) in [4.78, 5) is 10.8. The van der Waals surface area contributed by atoms with Gasteiger partial charge in [-0.15, -0.1) is 0 Å². The summed E-state index contributed by atoms with van der Waals surface area (Å²) in [5.74, 6) is 0.310. The second kappa shape index (κ2) is 9.69. The maximum atomic E-state index is 10.8. The fourth-order valence-electron chi connectivity index (χ4n) is 1.68. The molecule has 0 aliphatic carbocycles. The molecule has 1 aromatic carbocycles. The molecule has 4 N–H and O–H groups in total. The van der Waals surface area contributed by atoms with Crippen LogP contribution in [-0.2, 0) is 4.79 Å². The van der Waals surface area contributed by atoms with E-state index in [2.05, 4.69) is 15.8 Å². The molecule has 7 nitrogen and oxygen atoms in total. The van der Waals surface area contributed by atoms with E-state index in [4.69, 9.17) is 22.2 Å². The van der Waals surface area contributed by atoms with Crippen LogP contribution in [-0.4, -0.2) is 35.6 Å². The highest BCUT2D eigenvalue weighted by atomic mass is 32.1. The van der Waals surface area contributed by atoms with Gasteiger partial charge in [-0.05, 0) is 37.7 Å². The average Bonchev–Trinajstić information content (AvgIpc) is 2.56. The first kappa shape index (κ1) is 17.9. The van der Waals surface area contributed by atoms with Crippen molar-refractivity contribution in [3.05, 3.63) is 29.8 Å². The molecule has 1 aromatic rings. The molecule has 0 spiro atoms. The Morgan fingerprint density at radius 2 is 2.14 bits per heavy atom. The highest BCUT2D eigenvalue weighted by Crippen LogP contribution is 2.17. The number of ether oxygens (including phenoxy) is 1. The molecule has 0 fully saturated rings. The third kappa shape index (κ3) is 6.06. The van der Waals surface area contributed by atoms with Crippen molar-refractivity contribution in [3.8, 4) is 5.75 Å². The topological polar surface area (TPSA) is 95.0 Å². The van der Waals surface area contributed by atoms with Crippen molar-refractivity contribution in [1.82, 2.24) is 16.2 Å². The van der Waals surface area contributed by atoms with Gasteiger partial charge in [-0.2, -0.15) is 5.10 Å². The number of para-hydroxylation sites is 1. The van der Waals surface area contributed by atoms with Crippen LogP contribution < -0.4 is 21.0 Å². The van der Waals surface area contributed by atoms with Gasteiger partial charge in [-0.1, -0.05) is 12.1 Å². The van der Waals surface area contributed by atoms with E-state index in [1.54, 1.807) is 12.6 Å². The van der Waals surface area contributed by atoms with E-state index in [0.717, 1.165) is 17.0 Å². The normalized spacial score (nSPS) is 10.8. The number of benzene rings is 1. The highest BCUT2D eigenvalue weighted by molar-refractivity contribution is 7.80. The van der Waals surface area contributed by atoms with Crippen LogP contribution in [0.4, 0.5) is 0 Å². The van der Waals surface area contributed by atoms with E-state index >= 15 is 0 Å². The second-order valence-corrected chi connectivity index (χ2v) is 4.81. The Morgan fingerprint density at radius 3 is 2.82 bits per heavy atom. The zero-order valence-corrected chi connectivity index (χ0v) is 13.4. The molecule has 0 aliphatic heterocycles. The van der Waals surface area contributed by atoms with Crippen molar-refractivity contribution in [2.24, 2.45) is 5.10 Å². The van der Waals surface area contributed by atoms with Gasteiger partial charge in [-0.25, -0.2) is 5.48 Å². The quantitative estimate of drug-likeness (QED) is 0.198. The van der Waals surface area contributed by atoms with Gasteiger partial charge in [0.2, 0.25) is 5.91 Å². The Labute approximate surface area is 134 Å². The lowest BCUT2D eigenvalue weighted by molar-refractivity contribution is -0.129. The molecule has 1 rings (SSSR count). The predicted octanol–water partition coefficient (Wildman–Crippen LogP) is 1.17. The van der Waals surface area contributed by atoms with Crippen molar-refractivity contribution in [2.75, 3.05) is 13.7 Å². The van der Waals surface area contributed by atoms with Gasteiger partial charge in [0.05, 0.1) is 12.8 Å². The number of nitrogens with zero attached hydrogens (tertiary/aromatic N) is 1. The van der Waals surface area contributed by atoms with E-state index in [-0.39, 0.29) is 6.42 Å². The number of rotatable bonds is 7. The van der Waals surface area contributed by atoms with E-state index in [1.807, 2.05) is 31.2 Å². The SMILES string of the molecule is COc1ccccc1/C(C)=N/NC(=S)NCCCC(=O)NO. The van der Waals surface area contributed by atoms with E-state index in [1.165, 1.54) is 0 Å². The van der Waals surface area contributed by atoms with Crippen molar-refractivity contribution in [2.45, 2.75) is 19.8 Å². The van der Waals surface area contributed by atoms with Gasteiger partial charge >= 0.3 is 0 Å². The molecule has 0 unspecified atom stereocenters. The van der Waals surface area contributed by atoms with Gasteiger partial charge in [-0.3, -0.25) is 15.4 Å². The number of hydrogen-bond donors (Lipinski definition) is 4. The summed E-state index contributed by atoms with van der Waals surface area (Å²) in [6.07, 6.45) is 0.763. The summed E-state index contributed by atoms with van der Waals surface area (Å²) >= 11 is 5.08. The molecule has 0 radical (unpaired) electrons. The standard InChI is InChI=1S/C14H20N4O3S/c1-10(11-6-3-4-7-12(11)21-2)16-17-14(22)15-9-5-8-13(19)18-20/h3-4,6-7,20H,5,8-9H2,1-2H3,(H,18,19)(H2,15,17,22)/b16-10+. The fourth-order valence-corrected chi connectivity index (χ4v) is 1.83. The lowest BCUT2D eigenvalue weighted by atomic mass is 10.1. The van der Waals surface area contributed by atoms with Crippen LogP contribution in [0.1, 0.15) is 25.3 Å². The van der Waals surface area contributed by atoms with E-state index in [9.17, 15) is 4.79 Å². The zero-order chi connectivity index (χ0) is 16.4. The summed E-state index contributed by atoms with van der Waals surface area (Å²) in [7, 11) is 1.61. The summed E-state index contributed by atoms with van der Waals surface area (Å²) in [5.41, 5.74) is 5.92. The van der Waals surface area contributed by atoms with Crippen molar-refractivity contribution in [3.63, 3.8) is 0 Å². The predicted molar refractivity (Wildman–Crippen MR) is 88.1 cm³/mol. The Bertz CT molecular complexity index is 549. The fraction of sp³-hybridized carbons (Fsp3) is 0.357. The van der Waals surface area contributed by atoms with Crippen molar-refractivity contribution in [1.29, 1.82) is 0 Å². The van der Waals surface area contributed by atoms with Gasteiger partial charge in [0.15, 0.2) is 5.11 Å². The third-order valence-corrected chi connectivity index (χ3v) is 3.05. The van der Waals surface area contributed by atoms with Crippen molar-refractivity contribution >= 4 is 28.9 Å². The molecule has 0 saturated carbocycles. The molecule has 0 aliphatic rings. The largest absolute Gasteiger partial charge is 0.496 e. The minimum absolute atomic E-state index is 0.218. The number of carbonyl (C=O) groups excluding carboxylic acids is 1. The van der Waals surface area contributed by atoms with E-state index < -0.39 is 5.91 Å². The second-order valence-electron chi connectivity index (χ2n) is 4.40. The first-order chi connectivity index (χ1) is 10.6. The van der Waals surface area contributed by atoms with Gasteiger partial charge in [0.1, 0.15) is 5.75 Å². The van der Waals surface area contributed by atoms with Gasteiger partial charge in [0, 0.05) is 18.5 Å². The third-order valence-electron chi connectivity index (χ3n) is 2.81. The van der Waals surface area contributed by atoms with Gasteiger partial charge < -0.3 is 10.1 Å².